The summed E-state index contributed by atoms with van der Waals surface area (Å²) < 4.78 is 5.82. The van der Waals surface area contributed by atoms with Crippen molar-refractivity contribution in [3.8, 4) is 10.8 Å². The minimum atomic E-state index is 0.535. The molecule has 1 saturated heterocycles. The van der Waals surface area contributed by atoms with Gasteiger partial charge in [-0.25, -0.2) is 4.98 Å². The van der Waals surface area contributed by atoms with E-state index >= 15 is 0 Å². The molecule has 1 fully saturated rings. The zero-order valence-electron chi connectivity index (χ0n) is 12.2. The van der Waals surface area contributed by atoms with E-state index in [0.29, 0.717) is 12.1 Å². The van der Waals surface area contributed by atoms with Crippen LogP contribution in [0.2, 0.25) is 0 Å². The molecule has 2 unspecified atom stereocenters. The number of piperazine rings is 1. The van der Waals surface area contributed by atoms with E-state index < -0.39 is 0 Å². The number of thiophene rings is 1. The molecule has 1 N–H and O–H groups in total. The quantitative estimate of drug-likeness (QED) is 0.944. The highest BCUT2D eigenvalue weighted by molar-refractivity contribution is 7.13. The van der Waals surface area contributed by atoms with Gasteiger partial charge in [0.1, 0.15) is 5.76 Å². The second kappa shape index (κ2) is 5.68. The van der Waals surface area contributed by atoms with Gasteiger partial charge in [-0.15, -0.1) is 11.3 Å². The summed E-state index contributed by atoms with van der Waals surface area (Å²) in [5.74, 6) is 1.69. The van der Waals surface area contributed by atoms with Gasteiger partial charge in [-0.05, 0) is 32.2 Å². The smallest absolute Gasteiger partial charge is 0.236 e. The lowest BCUT2D eigenvalue weighted by Crippen LogP contribution is -2.53. The van der Waals surface area contributed by atoms with Gasteiger partial charge >= 0.3 is 0 Å². The fraction of sp³-hybridized carbons (Fsp3) is 0.533. The van der Waals surface area contributed by atoms with Crippen molar-refractivity contribution in [1.29, 1.82) is 0 Å². The molecule has 0 aliphatic carbocycles. The standard InChI is InChI=1S/C15H21N3OS/c1-10-8-18(11(2)7-16-10)9-13-12(3)19-15(17-13)14-5-4-6-20-14/h4-6,10-11,16H,7-9H2,1-3H3. The molecular formula is C15H21N3OS. The Labute approximate surface area is 123 Å². The van der Waals surface area contributed by atoms with Crippen molar-refractivity contribution in [2.45, 2.75) is 39.4 Å². The number of rotatable bonds is 3. The summed E-state index contributed by atoms with van der Waals surface area (Å²) in [5, 5.41) is 5.56. The number of oxazole rings is 1. The van der Waals surface area contributed by atoms with Gasteiger partial charge in [0.05, 0.1) is 10.6 Å². The summed E-state index contributed by atoms with van der Waals surface area (Å²) >= 11 is 1.67. The van der Waals surface area contributed by atoms with Crippen LogP contribution in [0.1, 0.15) is 25.3 Å². The molecule has 4 nitrogen and oxygen atoms in total. The first-order chi connectivity index (χ1) is 9.63. The highest BCUT2D eigenvalue weighted by Crippen LogP contribution is 2.26. The van der Waals surface area contributed by atoms with Gasteiger partial charge in [0.2, 0.25) is 5.89 Å². The SMILES string of the molecule is Cc1oc(-c2cccs2)nc1CN1CC(C)NCC1C. The van der Waals surface area contributed by atoms with Gasteiger partial charge in [-0.2, -0.15) is 0 Å². The topological polar surface area (TPSA) is 41.3 Å². The van der Waals surface area contributed by atoms with Crippen LogP contribution in [0, 0.1) is 6.92 Å². The second-order valence-electron chi connectivity index (χ2n) is 5.59. The van der Waals surface area contributed by atoms with Gasteiger partial charge in [0.25, 0.3) is 0 Å². The van der Waals surface area contributed by atoms with E-state index in [0.717, 1.165) is 41.9 Å². The van der Waals surface area contributed by atoms with E-state index in [1.54, 1.807) is 11.3 Å². The number of nitrogens with one attached hydrogen (secondary N) is 1. The molecule has 1 aliphatic heterocycles. The first-order valence-corrected chi connectivity index (χ1v) is 7.99. The molecule has 2 aromatic heterocycles. The maximum Gasteiger partial charge on any atom is 0.236 e. The van der Waals surface area contributed by atoms with Crippen LogP contribution >= 0.6 is 11.3 Å². The Morgan fingerprint density at radius 1 is 1.50 bits per heavy atom. The Balaban J connectivity index is 1.77. The molecular weight excluding hydrogens is 270 g/mol. The summed E-state index contributed by atoms with van der Waals surface area (Å²) in [6.07, 6.45) is 0. The number of hydrogen-bond donors (Lipinski definition) is 1. The molecule has 3 heterocycles. The maximum absolute atomic E-state index is 5.82. The fourth-order valence-electron chi connectivity index (χ4n) is 2.59. The van der Waals surface area contributed by atoms with E-state index in [-0.39, 0.29) is 0 Å². The van der Waals surface area contributed by atoms with Gasteiger partial charge in [-0.3, -0.25) is 4.90 Å². The summed E-state index contributed by atoms with van der Waals surface area (Å²) in [4.78, 5) is 8.26. The van der Waals surface area contributed by atoms with E-state index in [1.165, 1.54) is 0 Å². The Morgan fingerprint density at radius 3 is 3.10 bits per heavy atom. The lowest BCUT2D eigenvalue weighted by molar-refractivity contribution is 0.137. The molecule has 0 amide bonds. The van der Waals surface area contributed by atoms with Crippen LogP contribution in [-0.2, 0) is 6.54 Å². The molecule has 20 heavy (non-hydrogen) atoms. The molecule has 2 atom stereocenters. The average molecular weight is 291 g/mol. The summed E-state index contributed by atoms with van der Waals surface area (Å²) in [7, 11) is 0. The van der Waals surface area contributed by atoms with Crippen molar-refractivity contribution in [3.63, 3.8) is 0 Å². The van der Waals surface area contributed by atoms with Gasteiger partial charge in [0, 0.05) is 31.7 Å². The van der Waals surface area contributed by atoms with Gasteiger partial charge in [-0.1, -0.05) is 6.07 Å². The van der Waals surface area contributed by atoms with Crippen LogP contribution < -0.4 is 5.32 Å². The van der Waals surface area contributed by atoms with Crippen LogP contribution in [-0.4, -0.2) is 35.1 Å². The molecule has 0 spiro atoms. The highest BCUT2D eigenvalue weighted by atomic mass is 32.1. The van der Waals surface area contributed by atoms with Crippen LogP contribution in [0.3, 0.4) is 0 Å². The molecule has 0 aromatic carbocycles. The Morgan fingerprint density at radius 2 is 2.35 bits per heavy atom. The lowest BCUT2D eigenvalue weighted by Gasteiger charge is -2.37. The number of aryl methyl sites for hydroxylation is 1. The van der Waals surface area contributed by atoms with Crippen LogP contribution in [0.5, 0.6) is 0 Å². The maximum atomic E-state index is 5.82. The predicted octanol–water partition coefficient (Wildman–Crippen LogP) is 2.89. The molecule has 5 heteroatoms. The fourth-order valence-corrected chi connectivity index (χ4v) is 3.24. The van der Waals surface area contributed by atoms with Crippen molar-refractivity contribution in [2.75, 3.05) is 13.1 Å². The van der Waals surface area contributed by atoms with Crippen LogP contribution in [0.15, 0.2) is 21.9 Å². The molecule has 108 valence electrons. The normalized spacial score (nSPS) is 24.1. The van der Waals surface area contributed by atoms with E-state index in [4.69, 9.17) is 4.42 Å². The lowest BCUT2D eigenvalue weighted by atomic mass is 10.1. The van der Waals surface area contributed by atoms with Crippen LogP contribution in [0.25, 0.3) is 10.8 Å². The number of nitrogens with zero attached hydrogens (tertiary/aromatic N) is 2. The molecule has 1 aliphatic rings. The third-order valence-corrected chi connectivity index (χ3v) is 4.73. The third-order valence-electron chi connectivity index (χ3n) is 3.87. The van der Waals surface area contributed by atoms with E-state index in [2.05, 4.69) is 40.5 Å². The van der Waals surface area contributed by atoms with E-state index in [9.17, 15) is 0 Å². The van der Waals surface area contributed by atoms with Gasteiger partial charge < -0.3 is 9.73 Å². The number of hydrogen-bond acceptors (Lipinski definition) is 5. The molecule has 3 rings (SSSR count). The first kappa shape index (κ1) is 13.8. The molecule has 2 aromatic rings. The largest absolute Gasteiger partial charge is 0.440 e. The monoisotopic (exact) mass is 291 g/mol. The van der Waals surface area contributed by atoms with Gasteiger partial charge in [0.15, 0.2) is 0 Å². The molecule has 0 radical (unpaired) electrons. The second-order valence-corrected chi connectivity index (χ2v) is 6.53. The Kier molecular flexibility index (Phi) is 3.92. The van der Waals surface area contributed by atoms with Crippen LogP contribution in [0.4, 0.5) is 0 Å². The zero-order chi connectivity index (χ0) is 14.1. The first-order valence-electron chi connectivity index (χ1n) is 7.11. The minimum absolute atomic E-state index is 0.535. The van der Waals surface area contributed by atoms with Crippen molar-refractivity contribution in [3.05, 3.63) is 29.0 Å². The van der Waals surface area contributed by atoms with Crippen molar-refractivity contribution < 1.29 is 4.42 Å². The summed E-state index contributed by atoms with van der Waals surface area (Å²) in [6, 6.07) is 5.15. The predicted molar refractivity (Wildman–Crippen MR) is 81.9 cm³/mol. The highest BCUT2D eigenvalue weighted by Gasteiger charge is 2.24. The third kappa shape index (κ3) is 2.80. The van der Waals surface area contributed by atoms with E-state index in [1.807, 2.05) is 13.0 Å². The Hall–Kier alpha value is -1.17. The molecule has 0 bridgehead atoms. The number of aromatic nitrogens is 1. The van der Waals surface area contributed by atoms with Crippen molar-refractivity contribution in [2.24, 2.45) is 0 Å². The van der Waals surface area contributed by atoms with Crippen molar-refractivity contribution >= 4 is 11.3 Å². The Bertz CT molecular complexity index is 564. The zero-order valence-corrected chi connectivity index (χ0v) is 13.0. The minimum Gasteiger partial charge on any atom is -0.440 e. The average Bonchev–Trinajstić information content (AvgIpc) is 3.04. The molecule has 0 saturated carbocycles. The summed E-state index contributed by atoms with van der Waals surface area (Å²) in [6.45, 7) is 9.46. The van der Waals surface area contributed by atoms with Crippen molar-refractivity contribution in [1.82, 2.24) is 15.2 Å². The summed E-state index contributed by atoms with van der Waals surface area (Å²) in [5.41, 5.74) is 1.06.